The Bertz CT molecular complexity index is 797. The van der Waals surface area contributed by atoms with Crippen LogP contribution in [0.1, 0.15) is 31.4 Å². The predicted octanol–water partition coefficient (Wildman–Crippen LogP) is 4.14. The van der Waals surface area contributed by atoms with E-state index in [1.54, 1.807) is 31.2 Å². The Hall–Kier alpha value is -2.41. The Balaban J connectivity index is 2.03. The fourth-order valence-electron chi connectivity index (χ4n) is 2.68. The van der Waals surface area contributed by atoms with Crippen molar-refractivity contribution in [2.75, 3.05) is 12.3 Å². The van der Waals surface area contributed by atoms with Crippen molar-refractivity contribution in [1.29, 1.82) is 0 Å². The van der Waals surface area contributed by atoms with E-state index in [1.165, 1.54) is 40.9 Å². The molecule has 0 heterocycles. The first kappa shape index (κ1) is 22.9. The lowest BCUT2D eigenvalue weighted by Gasteiger charge is -2.28. The Kier molecular flexibility index (Phi) is 9.12. The van der Waals surface area contributed by atoms with E-state index in [1.807, 2.05) is 6.92 Å². The van der Waals surface area contributed by atoms with Crippen molar-refractivity contribution in [1.82, 2.24) is 10.2 Å². The Morgan fingerprint density at radius 3 is 2.10 bits per heavy atom. The number of carbonyl (C=O) groups excluding carboxylic acids is 2. The van der Waals surface area contributed by atoms with Crippen LogP contribution in [0.4, 0.5) is 8.78 Å². The Morgan fingerprint density at radius 1 is 1.00 bits per heavy atom. The van der Waals surface area contributed by atoms with Crippen molar-refractivity contribution in [3.8, 4) is 0 Å². The number of amides is 2. The van der Waals surface area contributed by atoms with Gasteiger partial charge in [0, 0.05) is 18.8 Å². The minimum absolute atomic E-state index is 0.180. The zero-order valence-electron chi connectivity index (χ0n) is 16.7. The van der Waals surface area contributed by atoms with Crippen molar-refractivity contribution >= 4 is 23.6 Å². The molecule has 1 N–H and O–H groups in total. The molecule has 0 aliphatic heterocycles. The molecule has 0 aromatic heterocycles. The summed E-state index contributed by atoms with van der Waals surface area (Å²) in [4.78, 5) is 26.8. The van der Waals surface area contributed by atoms with Crippen LogP contribution in [0.15, 0.2) is 48.5 Å². The van der Waals surface area contributed by atoms with Crippen molar-refractivity contribution in [3.05, 3.63) is 71.3 Å². The zero-order valence-corrected chi connectivity index (χ0v) is 17.5. The lowest BCUT2D eigenvalue weighted by molar-refractivity contribution is -0.138. The molecule has 0 saturated carbocycles. The van der Waals surface area contributed by atoms with E-state index in [4.69, 9.17) is 0 Å². The highest BCUT2D eigenvalue weighted by Crippen LogP contribution is 2.16. The molecule has 4 nitrogen and oxygen atoms in total. The molecule has 1 atom stereocenters. The number of rotatable bonds is 10. The number of nitrogens with one attached hydrogen (secondary N) is 1. The lowest BCUT2D eigenvalue weighted by atomic mass is 10.1. The average molecular weight is 421 g/mol. The van der Waals surface area contributed by atoms with Gasteiger partial charge in [-0.15, -0.1) is 11.8 Å². The largest absolute Gasteiger partial charge is 0.354 e. The van der Waals surface area contributed by atoms with Gasteiger partial charge in [0.25, 0.3) is 0 Å². The Morgan fingerprint density at radius 2 is 1.55 bits per heavy atom. The third kappa shape index (κ3) is 7.49. The van der Waals surface area contributed by atoms with Crippen LogP contribution in [0.3, 0.4) is 0 Å². The molecule has 7 heteroatoms. The predicted molar refractivity (Wildman–Crippen MR) is 112 cm³/mol. The van der Waals surface area contributed by atoms with Gasteiger partial charge in [-0.05, 0) is 48.7 Å². The van der Waals surface area contributed by atoms with E-state index < -0.39 is 6.04 Å². The van der Waals surface area contributed by atoms with Gasteiger partial charge >= 0.3 is 0 Å². The smallest absolute Gasteiger partial charge is 0.242 e. The van der Waals surface area contributed by atoms with Crippen LogP contribution in [0.5, 0.6) is 0 Å². The van der Waals surface area contributed by atoms with Crippen molar-refractivity contribution in [2.24, 2.45) is 0 Å². The van der Waals surface area contributed by atoms with Gasteiger partial charge in [-0.25, -0.2) is 8.78 Å². The van der Waals surface area contributed by atoms with Crippen LogP contribution < -0.4 is 5.32 Å². The first-order chi connectivity index (χ1) is 13.9. The van der Waals surface area contributed by atoms with Crippen LogP contribution in [0.25, 0.3) is 0 Å². The summed E-state index contributed by atoms with van der Waals surface area (Å²) >= 11 is 1.40. The van der Waals surface area contributed by atoms with E-state index in [0.29, 0.717) is 12.3 Å². The van der Waals surface area contributed by atoms with Crippen LogP contribution in [0, 0.1) is 11.6 Å². The van der Waals surface area contributed by atoms with Crippen molar-refractivity contribution in [2.45, 2.75) is 38.6 Å². The van der Waals surface area contributed by atoms with Gasteiger partial charge in [0.15, 0.2) is 0 Å². The highest BCUT2D eigenvalue weighted by molar-refractivity contribution is 7.99. The number of hydrogen-bond acceptors (Lipinski definition) is 3. The first-order valence-electron chi connectivity index (χ1n) is 9.54. The molecular weight excluding hydrogens is 394 g/mol. The second kappa shape index (κ2) is 11.6. The van der Waals surface area contributed by atoms with Crippen molar-refractivity contribution in [3.63, 3.8) is 0 Å². The standard InChI is InChI=1S/C22H26F2N2O2S/c1-3-12-25-22(28)16(2)26(13-17-4-8-19(23)9-5-17)21(27)15-29-14-18-6-10-20(24)11-7-18/h4-11,16H,3,12-15H2,1-2H3,(H,25,28)/t16-/m0/s1. The summed E-state index contributed by atoms with van der Waals surface area (Å²) in [7, 11) is 0. The topological polar surface area (TPSA) is 49.4 Å². The zero-order chi connectivity index (χ0) is 21.2. The molecule has 0 spiro atoms. The first-order valence-corrected chi connectivity index (χ1v) is 10.7. The van der Waals surface area contributed by atoms with Gasteiger partial charge < -0.3 is 10.2 Å². The molecule has 29 heavy (non-hydrogen) atoms. The summed E-state index contributed by atoms with van der Waals surface area (Å²) in [6.45, 7) is 4.41. The number of thioether (sulfide) groups is 1. The second-order valence-electron chi connectivity index (χ2n) is 6.73. The number of hydrogen-bond donors (Lipinski definition) is 1. The minimum Gasteiger partial charge on any atom is -0.354 e. The van der Waals surface area contributed by atoms with Gasteiger partial charge in [-0.3, -0.25) is 9.59 Å². The summed E-state index contributed by atoms with van der Waals surface area (Å²) in [5.74, 6) is -0.301. The van der Waals surface area contributed by atoms with Crippen molar-refractivity contribution < 1.29 is 18.4 Å². The molecule has 2 amide bonds. The fourth-order valence-corrected chi connectivity index (χ4v) is 3.56. The highest BCUT2D eigenvalue weighted by Gasteiger charge is 2.25. The Labute approximate surface area is 174 Å². The number of benzene rings is 2. The second-order valence-corrected chi connectivity index (χ2v) is 7.72. The molecule has 0 aliphatic rings. The van der Waals surface area contributed by atoms with Gasteiger partial charge in [0.1, 0.15) is 17.7 Å². The molecule has 2 aromatic rings. The monoisotopic (exact) mass is 420 g/mol. The van der Waals surface area contributed by atoms with Gasteiger partial charge in [-0.1, -0.05) is 31.2 Å². The van der Waals surface area contributed by atoms with Gasteiger partial charge in [0.2, 0.25) is 11.8 Å². The van der Waals surface area contributed by atoms with Crippen LogP contribution in [-0.2, 0) is 21.9 Å². The molecule has 0 radical (unpaired) electrons. The molecule has 0 unspecified atom stereocenters. The maximum absolute atomic E-state index is 13.2. The summed E-state index contributed by atoms with van der Waals surface area (Å²) in [6, 6.07) is 11.4. The minimum atomic E-state index is -0.648. The van der Waals surface area contributed by atoms with Crippen LogP contribution >= 0.6 is 11.8 Å². The lowest BCUT2D eigenvalue weighted by Crippen LogP contribution is -2.48. The molecule has 156 valence electrons. The third-order valence-electron chi connectivity index (χ3n) is 4.39. The summed E-state index contributed by atoms with van der Waals surface area (Å²) in [5, 5.41) is 2.81. The van der Waals surface area contributed by atoms with Gasteiger partial charge in [-0.2, -0.15) is 0 Å². The maximum Gasteiger partial charge on any atom is 0.242 e. The summed E-state index contributed by atoms with van der Waals surface area (Å²) < 4.78 is 26.2. The average Bonchev–Trinajstić information content (AvgIpc) is 2.72. The number of nitrogens with zero attached hydrogens (tertiary/aromatic N) is 1. The van der Waals surface area contributed by atoms with E-state index in [2.05, 4.69) is 5.32 Å². The highest BCUT2D eigenvalue weighted by atomic mass is 32.2. The SMILES string of the molecule is CCCNC(=O)[C@H](C)N(Cc1ccc(F)cc1)C(=O)CSCc1ccc(F)cc1. The quantitative estimate of drug-likeness (QED) is 0.628. The molecule has 0 fully saturated rings. The number of halogens is 2. The summed E-state index contributed by atoms with van der Waals surface area (Å²) in [5.41, 5.74) is 1.67. The summed E-state index contributed by atoms with van der Waals surface area (Å²) in [6.07, 6.45) is 0.803. The molecule has 0 saturated heterocycles. The van der Waals surface area contributed by atoms with E-state index in [0.717, 1.165) is 17.5 Å². The van der Waals surface area contributed by atoms with E-state index in [9.17, 15) is 18.4 Å². The maximum atomic E-state index is 13.2. The molecule has 2 aromatic carbocycles. The molecule has 0 bridgehead atoms. The normalized spacial score (nSPS) is 11.7. The van der Waals surface area contributed by atoms with E-state index >= 15 is 0 Å². The van der Waals surface area contributed by atoms with E-state index in [-0.39, 0.29) is 35.7 Å². The fraction of sp³-hybridized carbons (Fsp3) is 0.364. The molecule has 0 aliphatic carbocycles. The number of carbonyl (C=O) groups is 2. The molecular formula is C22H26F2N2O2S. The third-order valence-corrected chi connectivity index (χ3v) is 5.38. The van der Waals surface area contributed by atoms with Gasteiger partial charge in [0.05, 0.1) is 5.75 Å². The van der Waals surface area contributed by atoms with Crippen LogP contribution in [-0.4, -0.2) is 35.1 Å². The molecule has 2 rings (SSSR count). The van der Waals surface area contributed by atoms with Crippen LogP contribution in [0.2, 0.25) is 0 Å².